The normalized spacial score (nSPS) is 11.6. The Hall–Kier alpha value is -1.65. The SMILES string of the molecule is Cc1cc(C)cc(CCCc2ccccc2S(N)(=O)=O)c1. The lowest BCUT2D eigenvalue weighted by Gasteiger charge is -2.08. The fraction of sp³-hybridized carbons (Fsp3) is 0.294. The van der Waals surface area contributed by atoms with Crippen molar-refractivity contribution in [2.24, 2.45) is 5.14 Å². The van der Waals surface area contributed by atoms with Crippen molar-refractivity contribution in [2.75, 3.05) is 0 Å². The van der Waals surface area contributed by atoms with Crippen molar-refractivity contribution in [1.82, 2.24) is 0 Å². The predicted molar refractivity (Wildman–Crippen MR) is 85.8 cm³/mol. The summed E-state index contributed by atoms with van der Waals surface area (Å²) >= 11 is 0. The van der Waals surface area contributed by atoms with Crippen molar-refractivity contribution in [1.29, 1.82) is 0 Å². The Labute approximate surface area is 126 Å². The molecule has 0 spiro atoms. The van der Waals surface area contributed by atoms with Crippen LogP contribution in [0.3, 0.4) is 0 Å². The highest BCUT2D eigenvalue weighted by molar-refractivity contribution is 7.89. The van der Waals surface area contributed by atoms with E-state index in [1.807, 2.05) is 12.1 Å². The molecule has 0 amide bonds. The highest BCUT2D eigenvalue weighted by Gasteiger charge is 2.12. The largest absolute Gasteiger partial charge is 0.238 e. The van der Waals surface area contributed by atoms with Crippen LogP contribution in [0.5, 0.6) is 0 Å². The second-order valence-corrected chi connectivity index (χ2v) is 7.03. The summed E-state index contributed by atoms with van der Waals surface area (Å²) in [6, 6.07) is 13.5. The maximum absolute atomic E-state index is 11.6. The summed E-state index contributed by atoms with van der Waals surface area (Å²) in [6.07, 6.45) is 2.54. The number of aryl methyl sites for hydroxylation is 4. The topological polar surface area (TPSA) is 60.2 Å². The first-order valence-corrected chi connectivity index (χ1v) is 8.59. The molecule has 4 heteroatoms. The van der Waals surface area contributed by atoms with E-state index in [-0.39, 0.29) is 4.90 Å². The number of nitrogens with two attached hydrogens (primary N) is 1. The Morgan fingerprint density at radius 1 is 0.952 bits per heavy atom. The monoisotopic (exact) mass is 303 g/mol. The number of benzene rings is 2. The van der Waals surface area contributed by atoms with Gasteiger partial charge in [0.2, 0.25) is 10.0 Å². The van der Waals surface area contributed by atoms with Crippen LogP contribution >= 0.6 is 0 Å². The van der Waals surface area contributed by atoms with E-state index in [1.54, 1.807) is 12.1 Å². The van der Waals surface area contributed by atoms with E-state index in [4.69, 9.17) is 5.14 Å². The molecule has 21 heavy (non-hydrogen) atoms. The van der Waals surface area contributed by atoms with E-state index in [0.29, 0.717) is 6.42 Å². The molecule has 2 aromatic rings. The molecule has 3 nitrogen and oxygen atoms in total. The zero-order valence-electron chi connectivity index (χ0n) is 12.5. The van der Waals surface area contributed by atoms with Gasteiger partial charge in [-0.3, -0.25) is 0 Å². The molecule has 0 aliphatic rings. The molecule has 0 aliphatic carbocycles. The summed E-state index contributed by atoms with van der Waals surface area (Å²) in [5.41, 5.74) is 4.61. The Bertz CT molecular complexity index is 716. The van der Waals surface area contributed by atoms with Gasteiger partial charge in [-0.25, -0.2) is 13.6 Å². The molecule has 2 aromatic carbocycles. The van der Waals surface area contributed by atoms with Gasteiger partial charge in [0.15, 0.2) is 0 Å². The van der Waals surface area contributed by atoms with Gasteiger partial charge in [-0.1, -0.05) is 47.5 Å². The number of rotatable bonds is 5. The van der Waals surface area contributed by atoms with E-state index < -0.39 is 10.0 Å². The molecule has 0 saturated carbocycles. The molecule has 0 saturated heterocycles. The first-order valence-electron chi connectivity index (χ1n) is 7.04. The fourth-order valence-corrected chi connectivity index (χ4v) is 3.49. The fourth-order valence-electron chi connectivity index (χ4n) is 2.68. The third kappa shape index (κ3) is 4.41. The van der Waals surface area contributed by atoms with Gasteiger partial charge in [0.1, 0.15) is 0 Å². The van der Waals surface area contributed by atoms with E-state index in [1.165, 1.54) is 16.7 Å². The van der Waals surface area contributed by atoms with Crippen LogP contribution in [0.25, 0.3) is 0 Å². The molecule has 0 aliphatic heterocycles. The molecule has 0 bridgehead atoms. The van der Waals surface area contributed by atoms with Crippen LogP contribution in [0.15, 0.2) is 47.4 Å². The van der Waals surface area contributed by atoms with Gasteiger partial charge in [-0.05, 0) is 50.3 Å². The molecule has 0 unspecified atom stereocenters. The Kier molecular flexibility index (Phi) is 4.80. The summed E-state index contributed by atoms with van der Waals surface area (Å²) in [6.45, 7) is 4.18. The van der Waals surface area contributed by atoms with Gasteiger partial charge < -0.3 is 0 Å². The van der Waals surface area contributed by atoms with Crippen molar-refractivity contribution in [3.05, 3.63) is 64.7 Å². The van der Waals surface area contributed by atoms with Crippen molar-refractivity contribution < 1.29 is 8.42 Å². The molecular formula is C17H21NO2S. The molecule has 0 fully saturated rings. The van der Waals surface area contributed by atoms with Gasteiger partial charge in [-0.15, -0.1) is 0 Å². The standard InChI is InChI=1S/C17H21NO2S/c1-13-10-14(2)12-15(11-13)6-5-8-16-7-3-4-9-17(16)21(18,19)20/h3-4,7,9-12H,5-6,8H2,1-2H3,(H2,18,19,20). The zero-order valence-corrected chi connectivity index (χ0v) is 13.3. The molecule has 2 N–H and O–H groups in total. The van der Waals surface area contributed by atoms with E-state index in [9.17, 15) is 8.42 Å². The Morgan fingerprint density at radius 3 is 2.19 bits per heavy atom. The van der Waals surface area contributed by atoms with Crippen LogP contribution in [0.2, 0.25) is 0 Å². The van der Waals surface area contributed by atoms with Gasteiger partial charge in [0, 0.05) is 0 Å². The summed E-state index contributed by atoms with van der Waals surface area (Å²) in [4.78, 5) is 0.241. The predicted octanol–water partition coefficient (Wildman–Crippen LogP) is 3.13. The summed E-state index contributed by atoms with van der Waals surface area (Å²) < 4.78 is 23.1. The summed E-state index contributed by atoms with van der Waals surface area (Å²) in [5.74, 6) is 0. The third-order valence-corrected chi connectivity index (χ3v) is 4.48. The lowest BCUT2D eigenvalue weighted by atomic mass is 10.0. The first kappa shape index (κ1) is 15.7. The molecule has 0 heterocycles. The van der Waals surface area contributed by atoms with Crippen LogP contribution in [-0.4, -0.2) is 8.42 Å². The van der Waals surface area contributed by atoms with Crippen LogP contribution in [-0.2, 0) is 22.9 Å². The Balaban J connectivity index is 2.07. The molecule has 112 valence electrons. The summed E-state index contributed by atoms with van der Waals surface area (Å²) in [7, 11) is -3.64. The average molecular weight is 303 g/mol. The van der Waals surface area contributed by atoms with Crippen molar-refractivity contribution in [3.8, 4) is 0 Å². The van der Waals surface area contributed by atoms with Crippen LogP contribution < -0.4 is 5.14 Å². The minimum Gasteiger partial charge on any atom is -0.225 e. The van der Waals surface area contributed by atoms with Crippen molar-refractivity contribution in [2.45, 2.75) is 38.0 Å². The lowest BCUT2D eigenvalue weighted by molar-refractivity contribution is 0.596. The minimum absolute atomic E-state index is 0.241. The Morgan fingerprint density at radius 2 is 1.57 bits per heavy atom. The van der Waals surface area contributed by atoms with Gasteiger partial charge in [-0.2, -0.15) is 0 Å². The lowest BCUT2D eigenvalue weighted by Crippen LogP contribution is -2.14. The van der Waals surface area contributed by atoms with Gasteiger partial charge in [0.05, 0.1) is 4.90 Å². The average Bonchev–Trinajstić information content (AvgIpc) is 2.37. The number of hydrogen-bond donors (Lipinski definition) is 1. The third-order valence-electron chi connectivity index (χ3n) is 3.47. The van der Waals surface area contributed by atoms with Gasteiger partial charge in [0.25, 0.3) is 0 Å². The maximum atomic E-state index is 11.6. The quantitative estimate of drug-likeness (QED) is 0.922. The molecule has 0 aromatic heterocycles. The molecule has 0 radical (unpaired) electrons. The first-order chi connectivity index (χ1) is 9.86. The van der Waals surface area contributed by atoms with Crippen molar-refractivity contribution >= 4 is 10.0 Å². The van der Waals surface area contributed by atoms with E-state index in [0.717, 1.165) is 18.4 Å². The second kappa shape index (κ2) is 6.41. The van der Waals surface area contributed by atoms with Crippen LogP contribution in [0.4, 0.5) is 0 Å². The van der Waals surface area contributed by atoms with Crippen LogP contribution in [0.1, 0.15) is 28.7 Å². The van der Waals surface area contributed by atoms with E-state index in [2.05, 4.69) is 32.0 Å². The minimum atomic E-state index is -3.64. The van der Waals surface area contributed by atoms with Crippen LogP contribution in [0, 0.1) is 13.8 Å². The number of primary sulfonamides is 1. The molecular weight excluding hydrogens is 282 g/mol. The van der Waals surface area contributed by atoms with Crippen molar-refractivity contribution in [3.63, 3.8) is 0 Å². The highest BCUT2D eigenvalue weighted by atomic mass is 32.2. The second-order valence-electron chi connectivity index (χ2n) is 5.50. The van der Waals surface area contributed by atoms with E-state index >= 15 is 0 Å². The zero-order chi connectivity index (χ0) is 15.5. The smallest absolute Gasteiger partial charge is 0.225 e. The number of hydrogen-bond acceptors (Lipinski definition) is 2. The summed E-state index contributed by atoms with van der Waals surface area (Å²) in [5, 5.41) is 5.25. The maximum Gasteiger partial charge on any atom is 0.238 e. The molecule has 0 atom stereocenters. The highest BCUT2D eigenvalue weighted by Crippen LogP contribution is 2.17. The molecule has 2 rings (SSSR count). The number of sulfonamides is 1. The van der Waals surface area contributed by atoms with Gasteiger partial charge >= 0.3 is 0 Å².